The molecule has 0 saturated heterocycles. The van der Waals surface area contributed by atoms with Gasteiger partial charge in [0.1, 0.15) is 0 Å². The van der Waals surface area contributed by atoms with E-state index in [1.54, 1.807) is 6.20 Å². The Bertz CT molecular complexity index is 1020. The fraction of sp³-hybridized carbons (Fsp3) is 0.111. The van der Waals surface area contributed by atoms with Crippen LogP contribution >= 0.6 is 11.8 Å². The van der Waals surface area contributed by atoms with Crippen LogP contribution in [0.25, 0.3) is 0 Å². The van der Waals surface area contributed by atoms with Crippen molar-refractivity contribution in [1.29, 1.82) is 0 Å². The van der Waals surface area contributed by atoms with Gasteiger partial charge in [-0.3, -0.25) is 4.79 Å². The summed E-state index contributed by atoms with van der Waals surface area (Å²) < 4.78 is 24.9. The lowest BCUT2D eigenvalue weighted by atomic mass is 10.2. The fourth-order valence-corrected chi connectivity index (χ4v) is 3.65. The number of imidazole rings is 1. The highest BCUT2D eigenvalue weighted by molar-refractivity contribution is 7.99. The van der Waals surface area contributed by atoms with Crippen molar-refractivity contribution in [2.24, 2.45) is 7.05 Å². The van der Waals surface area contributed by atoms with Crippen LogP contribution in [-0.4, -0.2) is 30.1 Å². The van der Waals surface area contributed by atoms with Crippen molar-refractivity contribution < 1.29 is 13.2 Å². The predicted molar refractivity (Wildman–Crippen MR) is 101 cm³/mol. The van der Waals surface area contributed by atoms with Gasteiger partial charge in [0.2, 0.25) is 0 Å². The Hall–Kier alpha value is -2.58. The number of nitrogens with zero attached hydrogens (tertiary/aromatic N) is 2. The van der Waals surface area contributed by atoms with E-state index in [0.717, 1.165) is 16.3 Å². The van der Waals surface area contributed by atoms with E-state index in [1.165, 1.54) is 36.0 Å². The lowest BCUT2D eigenvalue weighted by Gasteiger charge is -2.07. The molecule has 6 nitrogen and oxygen atoms in total. The van der Waals surface area contributed by atoms with Gasteiger partial charge < -0.3 is 9.88 Å². The first-order chi connectivity index (χ1) is 12.3. The minimum absolute atomic E-state index is 0.185. The maximum absolute atomic E-state index is 12.3. The van der Waals surface area contributed by atoms with Gasteiger partial charge in [-0.2, -0.15) is 0 Å². The molecule has 134 valence electrons. The van der Waals surface area contributed by atoms with Crippen LogP contribution in [-0.2, 0) is 16.9 Å². The lowest BCUT2D eigenvalue weighted by molar-refractivity contribution is 0.102. The van der Waals surface area contributed by atoms with Crippen LogP contribution in [0, 0.1) is 0 Å². The van der Waals surface area contributed by atoms with E-state index in [9.17, 15) is 13.2 Å². The Morgan fingerprint density at radius 1 is 1.08 bits per heavy atom. The third kappa shape index (κ3) is 4.33. The summed E-state index contributed by atoms with van der Waals surface area (Å²) in [5.41, 5.74) is 1.05. The maximum Gasteiger partial charge on any atom is 0.255 e. The number of benzene rings is 2. The van der Waals surface area contributed by atoms with Crippen LogP contribution < -0.4 is 5.32 Å². The molecule has 0 fully saturated rings. The average molecular weight is 387 g/mol. The first-order valence-corrected chi connectivity index (χ1v) is 10.4. The van der Waals surface area contributed by atoms with Crippen molar-refractivity contribution in [2.45, 2.75) is 14.9 Å². The van der Waals surface area contributed by atoms with Crippen molar-refractivity contribution in [1.82, 2.24) is 9.55 Å². The van der Waals surface area contributed by atoms with Gasteiger partial charge in [0.05, 0.1) is 4.90 Å². The van der Waals surface area contributed by atoms with Crippen molar-refractivity contribution in [3.63, 3.8) is 0 Å². The quantitative estimate of drug-likeness (QED) is 0.727. The van der Waals surface area contributed by atoms with E-state index in [2.05, 4.69) is 10.3 Å². The van der Waals surface area contributed by atoms with Crippen LogP contribution in [0.2, 0.25) is 0 Å². The number of anilines is 1. The van der Waals surface area contributed by atoms with Crippen molar-refractivity contribution in [3.8, 4) is 0 Å². The Labute approximate surface area is 156 Å². The highest BCUT2D eigenvalue weighted by atomic mass is 32.2. The van der Waals surface area contributed by atoms with Crippen LogP contribution in [0.1, 0.15) is 10.4 Å². The van der Waals surface area contributed by atoms with Crippen LogP contribution in [0.5, 0.6) is 0 Å². The zero-order chi connectivity index (χ0) is 18.7. The van der Waals surface area contributed by atoms with Gasteiger partial charge in [0.15, 0.2) is 15.0 Å². The number of hydrogen-bond acceptors (Lipinski definition) is 5. The third-order valence-corrected chi connectivity index (χ3v) is 5.86. The average Bonchev–Trinajstić information content (AvgIpc) is 3.01. The SMILES string of the molecule is Cn1ccnc1Sc1ccc(NC(=O)c2ccc(S(C)(=O)=O)cc2)cc1. The van der Waals surface area contributed by atoms with Crippen LogP contribution in [0.4, 0.5) is 5.69 Å². The highest BCUT2D eigenvalue weighted by Crippen LogP contribution is 2.26. The lowest BCUT2D eigenvalue weighted by Crippen LogP contribution is -2.12. The molecule has 1 amide bonds. The molecule has 0 aliphatic carbocycles. The van der Waals surface area contributed by atoms with E-state index in [1.807, 2.05) is 42.1 Å². The molecule has 0 saturated carbocycles. The summed E-state index contributed by atoms with van der Waals surface area (Å²) in [5, 5.41) is 3.68. The number of rotatable bonds is 5. The highest BCUT2D eigenvalue weighted by Gasteiger charge is 2.10. The van der Waals surface area contributed by atoms with Gasteiger partial charge in [-0.05, 0) is 48.5 Å². The number of aromatic nitrogens is 2. The van der Waals surface area contributed by atoms with E-state index >= 15 is 0 Å². The van der Waals surface area contributed by atoms with Gasteiger partial charge in [-0.15, -0.1) is 0 Å². The summed E-state index contributed by atoms with van der Waals surface area (Å²) in [6.45, 7) is 0. The zero-order valence-corrected chi connectivity index (χ0v) is 15.8. The molecule has 0 radical (unpaired) electrons. The zero-order valence-electron chi connectivity index (χ0n) is 14.2. The van der Waals surface area contributed by atoms with Gasteiger partial charge in [-0.25, -0.2) is 13.4 Å². The van der Waals surface area contributed by atoms with Gasteiger partial charge >= 0.3 is 0 Å². The first-order valence-electron chi connectivity index (χ1n) is 7.69. The van der Waals surface area contributed by atoms with Crippen molar-refractivity contribution in [2.75, 3.05) is 11.6 Å². The summed E-state index contributed by atoms with van der Waals surface area (Å²) >= 11 is 1.53. The Morgan fingerprint density at radius 2 is 1.73 bits per heavy atom. The molecule has 0 spiro atoms. The van der Waals surface area contributed by atoms with Gasteiger partial charge in [0.25, 0.3) is 5.91 Å². The molecule has 0 unspecified atom stereocenters. The molecular formula is C18H17N3O3S2. The molecule has 0 aliphatic heterocycles. The Morgan fingerprint density at radius 3 is 2.27 bits per heavy atom. The summed E-state index contributed by atoms with van der Waals surface area (Å²) in [5.74, 6) is -0.297. The Kier molecular flexibility index (Phi) is 5.15. The molecule has 26 heavy (non-hydrogen) atoms. The smallest absolute Gasteiger partial charge is 0.255 e. The summed E-state index contributed by atoms with van der Waals surface area (Å²) in [4.78, 5) is 17.7. The molecule has 8 heteroatoms. The molecule has 1 heterocycles. The third-order valence-electron chi connectivity index (χ3n) is 3.64. The number of carbonyl (C=O) groups is 1. The molecule has 3 rings (SSSR count). The van der Waals surface area contributed by atoms with Gasteiger partial charge in [-0.1, -0.05) is 11.8 Å². The summed E-state index contributed by atoms with van der Waals surface area (Å²) in [6, 6.07) is 13.3. The minimum atomic E-state index is -3.27. The first kappa shape index (κ1) is 18.2. The number of carbonyl (C=O) groups excluding carboxylic acids is 1. The second-order valence-electron chi connectivity index (χ2n) is 5.70. The summed E-state index contributed by atoms with van der Waals surface area (Å²) in [6.07, 6.45) is 4.75. The molecule has 1 N–H and O–H groups in total. The second-order valence-corrected chi connectivity index (χ2v) is 8.75. The van der Waals surface area contributed by atoms with Crippen LogP contribution in [0.3, 0.4) is 0 Å². The second kappa shape index (κ2) is 7.35. The molecule has 0 atom stereocenters. The van der Waals surface area contributed by atoms with Gasteiger partial charge in [0, 0.05) is 41.8 Å². The standard InChI is InChI=1S/C18H17N3O3S2/c1-21-12-11-19-18(21)25-15-7-5-14(6-8-15)20-17(22)13-3-9-16(10-4-13)26(2,23)24/h3-12H,1-2H3,(H,20,22). The van der Waals surface area contributed by atoms with Crippen LogP contribution in [0.15, 0.2) is 75.9 Å². The van der Waals surface area contributed by atoms with Crippen molar-refractivity contribution >= 4 is 33.2 Å². The monoisotopic (exact) mass is 387 g/mol. The number of aryl methyl sites for hydroxylation is 1. The normalized spacial score (nSPS) is 11.3. The number of amides is 1. The maximum atomic E-state index is 12.3. The van der Waals surface area contributed by atoms with E-state index in [0.29, 0.717) is 11.3 Å². The molecule has 1 aromatic heterocycles. The van der Waals surface area contributed by atoms with E-state index in [4.69, 9.17) is 0 Å². The molecule has 2 aromatic carbocycles. The molecule has 0 aliphatic rings. The topological polar surface area (TPSA) is 81.1 Å². The molecular weight excluding hydrogens is 370 g/mol. The number of nitrogens with one attached hydrogen (secondary N) is 1. The van der Waals surface area contributed by atoms with Crippen molar-refractivity contribution in [3.05, 3.63) is 66.5 Å². The van der Waals surface area contributed by atoms with E-state index in [-0.39, 0.29) is 10.8 Å². The fourth-order valence-electron chi connectivity index (χ4n) is 2.22. The largest absolute Gasteiger partial charge is 0.329 e. The Balaban J connectivity index is 1.67. The van der Waals surface area contributed by atoms with E-state index < -0.39 is 9.84 Å². The number of hydrogen-bond donors (Lipinski definition) is 1. The number of sulfone groups is 1. The summed E-state index contributed by atoms with van der Waals surface area (Å²) in [7, 11) is -1.34. The predicted octanol–water partition coefficient (Wildman–Crippen LogP) is 3.23. The molecule has 3 aromatic rings. The molecule has 0 bridgehead atoms. The minimum Gasteiger partial charge on any atom is -0.329 e.